The molecule has 0 saturated carbocycles. The molecule has 1 atom stereocenters. The lowest BCUT2D eigenvalue weighted by Crippen LogP contribution is -2.55. The van der Waals surface area contributed by atoms with E-state index in [0.29, 0.717) is 6.54 Å². The van der Waals surface area contributed by atoms with Crippen LogP contribution in [-0.4, -0.2) is 23.0 Å². The summed E-state index contributed by atoms with van der Waals surface area (Å²) in [5.74, 6) is -1.04. The summed E-state index contributed by atoms with van der Waals surface area (Å²) >= 11 is 5.04. The Morgan fingerprint density at radius 3 is 2.30 bits per heavy atom. The first kappa shape index (κ1) is 18.8. The molecule has 23 heavy (non-hydrogen) atoms. The van der Waals surface area contributed by atoms with E-state index in [0.717, 1.165) is 5.56 Å². The van der Waals surface area contributed by atoms with Crippen LogP contribution in [0.15, 0.2) is 24.3 Å². The molecule has 1 aromatic carbocycles. The molecule has 2 amide bonds. The summed E-state index contributed by atoms with van der Waals surface area (Å²) in [6.45, 7) is 5.39. The highest BCUT2D eigenvalue weighted by Crippen LogP contribution is 2.02. The summed E-state index contributed by atoms with van der Waals surface area (Å²) in [6.07, 6.45) is 0. The lowest BCUT2D eigenvalue weighted by molar-refractivity contribution is -0.129. The van der Waals surface area contributed by atoms with Crippen molar-refractivity contribution in [2.45, 2.75) is 33.4 Å². The van der Waals surface area contributed by atoms with Gasteiger partial charge in [-0.15, -0.1) is 0 Å². The zero-order valence-corrected chi connectivity index (χ0v) is 14.1. The van der Waals surface area contributed by atoms with Gasteiger partial charge in [-0.05, 0) is 35.8 Å². The van der Waals surface area contributed by atoms with Gasteiger partial charge >= 0.3 is 0 Å². The molecule has 0 aliphatic rings. The quantitative estimate of drug-likeness (QED) is 0.475. The average Bonchev–Trinajstić information content (AvgIpc) is 2.49. The number of thiocarbonyl (C=S) groups is 1. The van der Waals surface area contributed by atoms with Crippen LogP contribution in [0.5, 0.6) is 0 Å². The van der Waals surface area contributed by atoms with E-state index in [1.54, 1.807) is 12.1 Å². The minimum Gasteiger partial charge on any atom is -0.357 e. The Bertz CT molecular complexity index is 563. The Hall–Kier alpha value is -2.22. The van der Waals surface area contributed by atoms with Gasteiger partial charge in [-0.1, -0.05) is 26.0 Å². The smallest absolute Gasteiger partial charge is 0.261 e. The molecule has 0 aliphatic carbocycles. The molecule has 0 aliphatic heterocycles. The van der Waals surface area contributed by atoms with Gasteiger partial charge in [0.25, 0.3) is 5.91 Å². The first-order valence-corrected chi connectivity index (χ1v) is 7.55. The molecule has 4 N–H and O–H groups in total. The largest absolute Gasteiger partial charge is 0.357 e. The van der Waals surface area contributed by atoms with Gasteiger partial charge in [-0.3, -0.25) is 20.4 Å². The molecule has 0 fully saturated rings. The number of rotatable bonds is 5. The minimum absolute atomic E-state index is 0.0681. The zero-order valence-electron chi connectivity index (χ0n) is 13.3. The van der Waals surface area contributed by atoms with Gasteiger partial charge in [0.05, 0.1) is 0 Å². The Morgan fingerprint density at radius 2 is 1.78 bits per heavy atom. The van der Waals surface area contributed by atoms with E-state index in [1.807, 2.05) is 13.8 Å². The lowest BCUT2D eigenvalue weighted by Gasteiger charge is -2.21. The number of amides is 2. The molecule has 0 bridgehead atoms. The number of carbonyl (C=O) groups is 2. The van der Waals surface area contributed by atoms with Crippen molar-refractivity contribution in [1.82, 2.24) is 21.5 Å². The highest BCUT2D eigenvalue weighted by molar-refractivity contribution is 7.80. The molecule has 6 nitrogen and oxygen atoms in total. The molecule has 0 aromatic heterocycles. The van der Waals surface area contributed by atoms with Gasteiger partial charge in [0.15, 0.2) is 5.11 Å². The van der Waals surface area contributed by atoms with Crippen LogP contribution in [0.3, 0.4) is 0 Å². The van der Waals surface area contributed by atoms with E-state index in [-0.39, 0.29) is 28.7 Å². The fraction of sp³-hybridized carbons (Fsp3) is 0.400. The van der Waals surface area contributed by atoms with E-state index in [1.165, 1.54) is 19.1 Å². The van der Waals surface area contributed by atoms with Crippen molar-refractivity contribution in [2.75, 3.05) is 0 Å². The molecule has 0 radical (unpaired) electrons. The fourth-order valence-corrected chi connectivity index (χ4v) is 1.90. The molecular weight excluding hydrogens is 319 g/mol. The molecule has 1 rings (SSSR count). The third kappa shape index (κ3) is 7.05. The highest BCUT2D eigenvalue weighted by atomic mass is 32.1. The number of hydrazine groups is 1. The van der Waals surface area contributed by atoms with Crippen molar-refractivity contribution in [1.29, 1.82) is 0 Å². The lowest BCUT2D eigenvalue weighted by atomic mass is 10.0. The van der Waals surface area contributed by atoms with E-state index < -0.39 is 6.04 Å². The molecular formula is C15H21FN4O2S. The van der Waals surface area contributed by atoms with Crippen LogP contribution >= 0.6 is 12.2 Å². The third-order valence-corrected chi connectivity index (χ3v) is 3.22. The molecule has 8 heteroatoms. The first-order chi connectivity index (χ1) is 10.8. The van der Waals surface area contributed by atoms with Crippen molar-refractivity contribution in [3.05, 3.63) is 35.6 Å². The number of carbonyl (C=O) groups excluding carboxylic acids is 2. The summed E-state index contributed by atoms with van der Waals surface area (Å²) in [7, 11) is 0. The number of hydrogen-bond acceptors (Lipinski definition) is 3. The maximum atomic E-state index is 12.8. The van der Waals surface area contributed by atoms with E-state index in [4.69, 9.17) is 12.2 Å². The Balaban J connectivity index is 2.40. The Labute approximate surface area is 140 Å². The number of halogens is 1. The van der Waals surface area contributed by atoms with Gasteiger partial charge in [-0.25, -0.2) is 4.39 Å². The van der Waals surface area contributed by atoms with Crippen LogP contribution in [0.4, 0.5) is 4.39 Å². The van der Waals surface area contributed by atoms with Crippen molar-refractivity contribution in [2.24, 2.45) is 5.92 Å². The summed E-state index contributed by atoms with van der Waals surface area (Å²) in [6, 6.07) is 5.33. The van der Waals surface area contributed by atoms with Crippen LogP contribution in [-0.2, 0) is 16.1 Å². The second-order valence-electron chi connectivity index (χ2n) is 5.35. The Kier molecular flexibility index (Phi) is 7.40. The number of benzene rings is 1. The third-order valence-electron chi connectivity index (χ3n) is 2.97. The Morgan fingerprint density at radius 1 is 1.17 bits per heavy atom. The number of hydrogen-bond donors (Lipinski definition) is 4. The van der Waals surface area contributed by atoms with Crippen LogP contribution in [0, 0.1) is 11.7 Å². The van der Waals surface area contributed by atoms with E-state index >= 15 is 0 Å². The van der Waals surface area contributed by atoms with Crippen LogP contribution in [0.2, 0.25) is 0 Å². The van der Waals surface area contributed by atoms with Crippen LogP contribution in [0.25, 0.3) is 0 Å². The predicted molar refractivity (Wildman–Crippen MR) is 89.6 cm³/mol. The monoisotopic (exact) mass is 340 g/mol. The maximum absolute atomic E-state index is 12.8. The minimum atomic E-state index is -0.653. The van der Waals surface area contributed by atoms with Crippen molar-refractivity contribution in [3.63, 3.8) is 0 Å². The first-order valence-electron chi connectivity index (χ1n) is 7.15. The predicted octanol–water partition coefficient (Wildman–Crippen LogP) is 0.982. The summed E-state index contributed by atoms with van der Waals surface area (Å²) in [5, 5.41) is 5.67. The second kappa shape index (κ2) is 9.04. The van der Waals surface area contributed by atoms with Crippen molar-refractivity contribution >= 4 is 29.1 Å². The van der Waals surface area contributed by atoms with Gasteiger partial charge < -0.3 is 10.6 Å². The normalized spacial score (nSPS) is 11.5. The number of nitrogens with one attached hydrogen (secondary N) is 4. The standard InChI is InChI=1S/C15H21FN4O2S/c1-9(2)13(18-10(3)21)14(22)19-20-15(23)17-8-11-4-6-12(16)7-5-11/h4-7,9,13H,8H2,1-3H3,(H,18,21)(H,19,22)(H2,17,20,23)/t13-/m1/s1. The fourth-order valence-electron chi connectivity index (χ4n) is 1.78. The van der Waals surface area contributed by atoms with E-state index in [9.17, 15) is 14.0 Å². The molecule has 0 unspecified atom stereocenters. The van der Waals surface area contributed by atoms with Gasteiger partial charge in [0, 0.05) is 13.5 Å². The van der Waals surface area contributed by atoms with Gasteiger partial charge in [-0.2, -0.15) is 0 Å². The molecule has 0 heterocycles. The topological polar surface area (TPSA) is 82.3 Å². The van der Waals surface area contributed by atoms with Crippen molar-refractivity contribution in [3.8, 4) is 0 Å². The molecule has 1 aromatic rings. The van der Waals surface area contributed by atoms with Crippen LogP contribution < -0.4 is 21.5 Å². The second-order valence-corrected chi connectivity index (χ2v) is 5.75. The summed E-state index contributed by atoms with van der Waals surface area (Å²) < 4.78 is 12.8. The van der Waals surface area contributed by atoms with Crippen LogP contribution in [0.1, 0.15) is 26.3 Å². The summed E-state index contributed by atoms with van der Waals surface area (Å²) in [4.78, 5) is 23.1. The van der Waals surface area contributed by atoms with Gasteiger partial charge in [0.2, 0.25) is 5.91 Å². The SMILES string of the molecule is CC(=O)N[C@@H](C(=O)NNC(=S)NCc1ccc(F)cc1)C(C)C. The van der Waals surface area contributed by atoms with E-state index in [2.05, 4.69) is 21.5 Å². The maximum Gasteiger partial charge on any atom is 0.261 e. The molecule has 0 spiro atoms. The van der Waals surface area contributed by atoms with Crippen molar-refractivity contribution < 1.29 is 14.0 Å². The zero-order chi connectivity index (χ0) is 17.4. The molecule has 0 saturated heterocycles. The highest BCUT2D eigenvalue weighted by Gasteiger charge is 2.22. The molecule has 126 valence electrons. The average molecular weight is 340 g/mol. The summed E-state index contributed by atoms with van der Waals surface area (Å²) in [5.41, 5.74) is 5.86. The van der Waals surface area contributed by atoms with Gasteiger partial charge in [0.1, 0.15) is 11.9 Å².